The summed E-state index contributed by atoms with van der Waals surface area (Å²) in [4.78, 5) is 22.7. The Labute approximate surface area is 229 Å². The highest BCUT2D eigenvalue weighted by Gasteiger charge is 2.62. The Morgan fingerprint density at radius 1 is 1.21 bits per heavy atom. The number of amides is 1. The highest BCUT2D eigenvalue weighted by Crippen LogP contribution is 2.50. The lowest BCUT2D eigenvalue weighted by Gasteiger charge is -2.29. The fourth-order valence-electron chi connectivity index (χ4n) is 4.05. The number of hydrogen-bond donors (Lipinski definition) is 1. The molecule has 3 aromatic carbocycles. The molecule has 39 heavy (non-hydrogen) atoms. The molecular formula is C26H18Cl2F4N4O3. The van der Waals surface area contributed by atoms with Crippen LogP contribution >= 0.6 is 23.2 Å². The van der Waals surface area contributed by atoms with Crippen molar-refractivity contribution in [3.63, 3.8) is 0 Å². The van der Waals surface area contributed by atoms with Gasteiger partial charge in [0.15, 0.2) is 5.82 Å². The number of halogens is 6. The van der Waals surface area contributed by atoms with Gasteiger partial charge in [0.05, 0.1) is 41.0 Å². The lowest BCUT2D eigenvalue weighted by atomic mass is 9.85. The molecule has 0 spiro atoms. The van der Waals surface area contributed by atoms with E-state index in [0.29, 0.717) is 16.3 Å². The van der Waals surface area contributed by atoms with Crippen molar-refractivity contribution in [3.05, 3.63) is 81.1 Å². The van der Waals surface area contributed by atoms with Crippen LogP contribution in [-0.4, -0.2) is 37.2 Å². The molecule has 1 amide bonds. The molecule has 0 radical (unpaired) electrons. The Balaban J connectivity index is 1.63. The summed E-state index contributed by atoms with van der Waals surface area (Å²) >= 11 is 11.6. The van der Waals surface area contributed by atoms with E-state index in [1.165, 1.54) is 18.3 Å². The summed E-state index contributed by atoms with van der Waals surface area (Å²) in [6, 6.07) is 13.1. The Hall–Kier alpha value is -3.88. The van der Waals surface area contributed by atoms with Crippen molar-refractivity contribution in [3.8, 4) is 6.07 Å². The first-order valence-corrected chi connectivity index (χ1v) is 12.1. The summed E-state index contributed by atoms with van der Waals surface area (Å²) in [5.74, 6) is -1.50. The molecule has 0 fully saturated rings. The van der Waals surface area contributed by atoms with Gasteiger partial charge in [-0.3, -0.25) is 4.79 Å². The average molecular weight is 581 g/mol. The molecule has 202 valence electrons. The molecule has 0 aromatic heterocycles. The number of nitrogens with one attached hydrogen (secondary N) is 1. The Morgan fingerprint density at radius 3 is 2.56 bits per heavy atom. The van der Waals surface area contributed by atoms with Gasteiger partial charge in [0.1, 0.15) is 6.61 Å². The Kier molecular flexibility index (Phi) is 8.28. The first kappa shape index (κ1) is 28.1. The van der Waals surface area contributed by atoms with E-state index in [2.05, 4.69) is 15.6 Å². The molecule has 1 unspecified atom stereocenters. The average Bonchev–Trinajstić information content (AvgIpc) is 3.37. The van der Waals surface area contributed by atoms with Gasteiger partial charge >= 0.3 is 6.18 Å². The predicted octanol–water partition coefficient (Wildman–Crippen LogP) is 6.51. The maximum Gasteiger partial charge on any atom is 0.435 e. The van der Waals surface area contributed by atoms with E-state index in [1.807, 2.05) is 6.07 Å². The topological polar surface area (TPSA) is 96.1 Å². The summed E-state index contributed by atoms with van der Waals surface area (Å²) in [5, 5.41) is 18.3. The van der Waals surface area contributed by atoms with Gasteiger partial charge in [-0.05, 0) is 29.0 Å². The number of benzene rings is 3. The van der Waals surface area contributed by atoms with Gasteiger partial charge in [-0.1, -0.05) is 63.8 Å². The smallest absolute Gasteiger partial charge is 0.395 e. The molecule has 1 aliphatic rings. The van der Waals surface area contributed by atoms with Gasteiger partial charge in [-0.15, -0.1) is 0 Å². The summed E-state index contributed by atoms with van der Waals surface area (Å²) in [5.41, 5.74) is -2.89. The second-order valence-electron chi connectivity index (χ2n) is 8.33. The summed E-state index contributed by atoms with van der Waals surface area (Å²) in [6.07, 6.45) is -4.21. The van der Waals surface area contributed by atoms with Crippen molar-refractivity contribution in [2.75, 3.05) is 13.2 Å². The third kappa shape index (κ3) is 5.62. The minimum Gasteiger partial charge on any atom is -0.395 e. The van der Waals surface area contributed by atoms with Crippen LogP contribution in [0.4, 0.5) is 17.6 Å². The SMILES string of the molecule is N#CCCON=CCNC(=O)c1ccc(C2=NOC(c3cc(Cl)c(F)c(Cl)c3)(C(F)(F)F)C2)c2ccccc12. The Morgan fingerprint density at radius 2 is 1.90 bits per heavy atom. The van der Waals surface area contributed by atoms with E-state index in [4.69, 9.17) is 38.1 Å². The molecule has 0 saturated heterocycles. The molecule has 1 N–H and O–H groups in total. The van der Waals surface area contributed by atoms with Crippen LogP contribution in [0.2, 0.25) is 10.0 Å². The monoisotopic (exact) mass is 580 g/mol. The summed E-state index contributed by atoms with van der Waals surface area (Å²) < 4.78 is 57.2. The highest BCUT2D eigenvalue weighted by molar-refractivity contribution is 6.35. The number of carbonyl (C=O) groups is 1. The zero-order valence-corrected chi connectivity index (χ0v) is 21.4. The van der Waals surface area contributed by atoms with E-state index >= 15 is 0 Å². The fraction of sp³-hybridized carbons (Fsp3) is 0.231. The number of alkyl halides is 3. The predicted molar refractivity (Wildman–Crippen MR) is 137 cm³/mol. The van der Waals surface area contributed by atoms with Crippen LogP contribution in [0.3, 0.4) is 0 Å². The van der Waals surface area contributed by atoms with Gasteiger partial charge in [0.25, 0.3) is 11.5 Å². The van der Waals surface area contributed by atoms with E-state index in [0.717, 1.165) is 12.1 Å². The van der Waals surface area contributed by atoms with Gasteiger partial charge in [0, 0.05) is 23.1 Å². The minimum atomic E-state index is -4.96. The van der Waals surface area contributed by atoms with Crippen molar-refractivity contribution in [2.45, 2.75) is 24.6 Å². The standard InChI is InChI=1S/C26H18Cl2F4N4O3/c27-20-12-15(13-21(28)23(20)29)25(26(30,31)32)14-22(36-39-25)18-6-7-19(17-5-2-1-4-16(17)18)24(37)34-9-10-35-38-11-3-8-33/h1-2,4-7,10,12-13H,3,9,11,14H2,(H,34,37). The van der Waals surface area contributed by atoms with Crippen molar-refractivity contribution in [1.82, 2.24) is 5.32 Å². The van der Waals surface area contributed by atoms with Gasteiger partial charge < -0.3 is 15.0 Å². The van der Waals surface area contributed by atoms with Gasteiger partial charge in [0.2, 0.25) is 0 Å². The zero-order valence-electron chi connectivity index (χ0n) is 19.9. The molecule has 7 nitrogen and oxygen atoms in total. The van der Waals surface area contributed by atoms with Crippen LogP contribution in [-0.2, 0) is 15.3 Å². The first-order chi connectivity index (χ1) is 18.6. The summed E-state index contributed by atoms with van der Waals surface area (Å²) in [6.45, 7) is 0.163. The Bertz CT molecular complexity index is 1500. The van der Waals surface area contributed by atoms with E-state index in [9.17, 15) is 22.4 Å². The second-order valence-corrected chi connectivity index (χ2v) is 9.14. The molecule has 0 bridgehead atoms. The van der Waals surface area contributed by atoms with Crippen LogP contribution in [0.25, 0.3) is 10.8 Å². The number of nitrogens with zero attached hydrogens (tertiary/aromatic N) is 3. The number of carbonyl (C=O) groups excluding carboxylic acids is 1. The van der Waals surface area contributed by atoms with Crippen LogP contribution < -0.4 is 5.32 Å². The normalized spacial score (nSPS) is 17.1. The summed E-state index contributed by atoms with van der Waals surface area (Å²) in [7, 11) is 0. The molecule has 1 aliphatic heterocycles. The largest absolute Gasteiger partial charge is 0.435 e. The molecule has 0 saturated carbocycles. The lowest BCUT2D eigenvalue weighted by molar-refractivity contribution is -0.275. The van der Waals surface area contributed by atoms with E-state index < -0.39 is 45.5 Å². The number of fused-ring (bicyclic) bond motifs is 1. The van der Waals surface area contributed by atoms with E-state index in [-0.39, 0.29) is 30.8 Å². The van der Waals surface area contributed by atoms with E-state index in [1.54, 1.807) is 24.3 Å². The molecular weight excluding hydrogens is 563 g/mol. The quantitative estimate of drug-likeness (QED) is 0.108. The third-order valence-electron chi connectivity index (χ3n) is 5.92. The maximum absolute atomic E-state index is 14.4. The van der Waals surface area contributed by atoms with Gasteiger partial charge in [-0.2, -0.15) is 18.4 Å². The third-order valence-corrected chi connectivity index (χ3v) is 6.47. The molecule has 13 heteroatoms. The number of rotatable bonds is 8. The second kappa shape index (κ2) is 11.5. The van der Waals surface area contributed by atoms with Gasteiger partial charge in [-0.25, -0.2) is 4.39 Å². The number of hydrogen-bond acceptors (Lipinski definition) is 6. The molecule has 3 aromatic rings. The molecule has 1 atom stereocenters. The van der Waals surface area contributed by atoms with Crippen LogP contribution in [0, 0.1) is 17.1 Å². The van der Waals surface area contributed by atoms with Crippen LogP contribution in [0.5, 0.6) is 0 Å². The fourth-order valence-corrected chi connectivity index (χ4v) is 4.54. The lowest BCUT2D eigenvalue weighted by Crippen LogP contribution is -2.42. The molecule has 4 rings (SSSR count). The van der Waals surface area contributed by atoms with Crippen molar-refractivity contribution in [1.29, 1.82) is 5.26 Å². The molecule has 0 aliphatic carbocycles. The highest BCUT2D eigenvalue weighted by atomic mass is 35.5. The van der Waals surface area contributed by atoms with Crippen LogP contribution in [0.15, 0.2) is 58.8 Å². The number of nitriles is 1. The minimum absolute atomic E-state index is 0.0336. The number of oxime groups is 2. The maximum atomic E-state index is 14.4. The zero-order chi connectivity index (χ0) is 28.2. The van der Waals surface area contributed by atoms with Crippen molar-refractivity contribution < 1.29 is 32.0 Å². The van der Waals surface area contributed by atoms with Crippen molar-refractivity contribution in [2.24, 2.45) is 10.3 Å². The van der Waals surface area contributed by atoms with Crippen LogP contribution in [0.1, 0.15) is 34.3 Å². The molecule has 1 heterocycles. The first-order valence-electron chi connectivity index (χ1n) is 11.4. The van der Waals surface area contributed by atoms with Crippen molar-refractivity contribution >= 4 is 51.8 Å².